The third-order valence-electron chi connectivity index (χ3n) is 4.03. The first-order valence-electron chi connectivity index (χ1n) is 7.18. The Morgan fingerprint density at radius 1 is 1.21 bits per heavy atom. The Labute approximate surface area is 116 Å². The molecule has 2 rings (SSSR count). The van der Waals surface area contributed by atoms with Crippen molar-refractivity contribution in [2.45, 2.75) is 38.3 Å². The van der Waals surface area contributed by atoms with E-state index in [4.69, 9.17) is 4.74 Å². The van der Waals surface area contributed by atoms with Crippen molar-refractivity contribution >= 4 is 0 Å². The van der Waals surface area contributed by atoms with Gasteiger partial charge in [-0.3, -0.25) is 0 Å². The lowest BCUT2D eigenvalue weighted by Crippen LogP contribution is -2.34. The smallest absolute Gasteiger partial charge is 0.118 e. The van der Waals surface area contributed by atoms with Gasteiger partial charge in [0.25, 0.3) is 0 Å². The summed E-state index contributed by atoms with van der Waals surface area (Å²) < 4.78 is 5.16. The van der Waals surface area contributed by atoms with Gasteiger partial charge in [0.2, 0.25) is 0 Å². The minimum atomic E-state index is -0.105. The molecule has 1 aromatic carbocycles. The van der Waals surface area contributed by atoms with E-state index in [1.54, 1.807) is 7.11 Å². The maximum absolute atomic E-state index is 10.0. The molecule has 1 aliphatic rings. The van der Waals surface area contributed by atoms with Crippen LogP contribution in [0.1, 0.15) is 31.2 Å². The molecular formula is C16H25NO2. The second kappa shape index (κ2) is 6.92. The number of methoxy groups -OCH3 is 1. The molecule has 0 spiro atoms. The first kappa shape index (κ1) is 14.4. The number of aliphatic hydroxyl groups is 1. The second-order valence-electron chi connectivity index (χ2n) is 5.66. The maximum Gasteiger partial charge on any atom is 0.118 e. The number of hydrogen-bond acceptors (Lipinski definition) is 3. The summed E-state index contributed by atoms with van der Waals surface area (Å²) in [6, 6.07) is 8.20. The average molecular weight is 263 g/mol. The van der Waals surface area contributed by atoms with Crippen molar-refractivity contribution in [1.29, 1.82) is 0 Å². The van der Waals surface area contributed by atoms with Gasteiger partial charge >= 0.3 is 0 Å². The van der Waals surface area contributed by atoms with Gasteiger partial charge in [0, 0.05) is 13.1 Å². The number of rotatable bonds is 5. The number of aliphatic hydroxyl groups excluding tert-OH is 1. The van der Waals surface area contributed by atoms with Gasteiger partial charge in [-0.15, -0.1) is 0 Å². The second-order valence-corrected chi connectivity index (χ2v) is 5.66. The zero-order valence-electron chi connectivity index (χ0n) is 12.0. The van der Waals surface area contributed by atoms with Crippen molar-refractivity contribution in [2.24, 2.45) is 5.92 Å². The molecule has 1 fully saturated rings. The van der Waals surface area contributed by atoms with Gasteiger partial charge in [0.1, 0.15) is 5.75 Å². The number of benzene rings is 1. The molecule has 0 saturated heterocycles. The lowest BCUT2D eigenvalue weighted by Gasteiger charge is -2.31. The zero-order valence-corrected chi connectivity index (χ0v) is 12.0. The van der Waals surface area contributed by atoms with Crippen LogP contribution in [0.4, 0.5) is 0 Å². The van der Waals surface area contributed by atoms with Gasteiger partial charge in [0.15, 0.2) is 0 Å². The van der Waals surface area contributed by atoms with E-state index in [0.29, 0.717) is 5.92 Å². The molecule has 0 aliphatic heterocycles. The molecule has 106 valence electrons. The Hall–Kier alpha value is -1.06. The van der Waals surface area contributed by atoms with E-state index in [-0.39, 0.29) is 6.10 Å². The Kier molecular flexibility index (Phi) is 5.23. The topological polar surface area (TPSA) is 32.7 Å². The molecule has 0 amide bonds. The molecule has 1 saturated carbocycles. The van der Waals surface area contributed by atoms with E-state index in [0.717, 1.165) is 31.7 Å². The predicted molar refractivity (Wildman–Crippen MR) is 77.3 cm³/mol. The van der Waals surface area contributed by atoms with Crippen molar-refractivity contribution in [1.82, 2.24) is 4.90 Å². The highest BCUT2D eigenvalue weighted by atomic mass is 16.5. The van der Waals surface area contributed by atoms with E-state index in [1.165, 1.54) is 18.4 Å². The number of hydrogen-bond donors (Lipinski definition) is 1. The summed E-state index contributed by atoms with van der Waals surface area (Å²) >= 11 is 0. The van der Waals surface area contributed by atoms with Crippen molar-refractivity contribution in [3.05, 3.63) is 29.8 Å². The third kappa shape index (κ3) is 4.22. The lowest BCUT2D eigenvalue weighted by atomic mass is 9.86. The molecule has 3 nitrogen and oxygen atoms in total. The Balaban J connectivity index is 1.84. The molecule has 1 N–H and O–H groups in total. The van der Waals surface area contributed by atoms with Crippen LogP contribution in [0.15, 0.2) is 24.3 Å². The predicted octanol–water partition coefficient (Wildman–Crippen LogP) is 2.68. The van der Waals surface area contributed by atoms with Gasteiger partial charge < -0.3 is 14.7 Å². The molecule has 19 heavy (non-hydrogen) atoms. The van der Waals surface area contributed by atoms with Gasteiger partial charge in [-0.05, 0) is 43.5 Å². The van der Waals surface area contributed by atoms with Crippen LogP contribution in [0.5, 0.6) is 5.75 Å². The van der Waals surface area contributed by atoms with Crippen molar-refractivity contribution in [3.8, 4) is 5.75 Å². The molecule has 2 unspecified atom stereocenters. The zero-order chi connectivity index (χ0) is 13.7. The fourth-order valence-electron chi connectivity index (χ4n) is 2.91. The molecule has 1 aliphatic carbocycles. The third-order valence-corrected chi connectivity index (χ3v) is 4.03. The molecule has 0 heterocycles. The summed E-state index contributed by atoms with van der Waals surface area (Å²) in [7, 11) is 3.82. The maximum atomic E-state index is 10.0. The highest BCUT2D eigenvalue weighted by Gasteiger charge is 2.23. The van der Waals surface area contributed by atoms with E-state index in [1.807, 2.05) is 12.1 Å². The summed E-state index contributed by atoms with van der Waals surface area (Å²) in [4.78, 5) is 2.31. The molecule has 1 aromatic rings. The molecule has 0 aromatic heterocycles. The normalized spacial score (nSPS) is 23.6. The minimum Gasteiger partial charge on any atom is -0.497 e. The standard InChI is InChI=1S/C16H25NO2/c1-17(12-14-5-3-4-6-16(14)18)11-13-7-9-15(19-2)10-8-13/h7-10,14,16,18H,3-6,11-12H2,1-2H3. The fraction of sp³-hybridized carbons (Fsp3) is 0.625. The van der Waals surface area contributed by atoms with Crippen molar-refractivity contribution in [3.63, 3.8) is 0 Å². The van der Waals surface area contributed by atoms with Crippen molar-refractivity contribution < 1.29 is 9.84 Å². The van der Waals surface area contributed by atoms with E-state index in [9.17, 15) is 5.11 Å². The Morgan fingerprint density at radius 3 is 2.53 bits per heavy atom. The number of nitrogens with zero attached hydrogens (tertiary/aromatic N) is 1. The lowest BCUT2D eigenvalue weighted by molar-refractivity contribution is 0.0502. The van der Waals surface area contributed by atoms with Crippen LogP contribution < -0.4 is 4.74 Å². The summed E-state index contributed by atoms with van der Waals surface area (Å²) in [5.41, 5.74) is 1.29. The van der Waals surface area contributed by atoms with Crippen LogP contribution in [0, 0.1) is 5.92 Å². The summed E-state index contributed by atoms with van der Waals surface area (Å²) in [6.07, 6.45) is 4.47. The first-order valence-corrected chi connectivity index (χ1v) is 7.18. The van der Waals surface area contributed by atoms with Gasteiger partial charge in [-0.1, -0.05) is 25.0 Å². The van der Waals surface area contributed by atoms with E-state index >= 15 is 0 Å². The fourth-order valence-corrected chi connectivity index (χ4v) is 2.91. The van der Waals surface area contributed by atoms with Gasteiger partial charge in [-0.25, -0.2) is 0 Å². The van der Waals surface area contributed by atoms with Crippen LogP contribution >= 0.6 is 0 Å². The van der Waals surface area contributed by atoms with Gasteiger partial charge in [-0.2, -0.15) is 0 Å². The average Bonchev–Trinajstić information content (AvgIpc) is 2.42. The van der Waals surface area contributed by atoms with Crippen LogP contribution in [0.3, 0.4) is 0 Å². The van der Waals surface area contributed by atoms with Crippen molar-refractivity contribution in [2.75, 3.05) is 20.7 Å². The minimum absolute atomic E-state index is 0.105. The van der Waals surface area contributed by atoms with Crippen LogP contribution in [-0.4, -0.2) is 36.8 Å². The van der Waals surface area contributed by atoms with Crippen LogP contribution in [0.2, 0.25) is 0 Å². The molecule has 3 heteroatoms. The molecule has 0 bridgehead atoms. The highest BCUT2D eigenvalue weighted by molar-refractivity contribution is 5.27. The molecule has 2 atom stereocenters. The molecule has 0 radical (unpaired) electrons. The summed E-state index contributed by atoms with van der Waals surface area (Å²) in [6.45, 7) is 1.90. The Bertz CT molecular complexity index is 377. The SMILES string of the molecule is COc1ccc(CN(C)CC2CCCCC2O)cc1. The van der Waals surface area contributed by atoms with Crippen LogP contribution in [-0.2, 0) is 6.54 Å². The summed E-state index contributed by atoms with van der Waals surface area (Å²) in [5.74, 6) is 1.34. The van der Waals surface area contributed by atoms with E-state index in [2.05, 4.69) is 24.1 Å². The molecular weight excluding hydrogens is 238 g/mol. The quantitative estimate of drug-likeness (QED) is 0.886. The monoisotopic (exact) mass is 263 g/mol. The van der Waals surface area contributed by atoms with E-state index < -0.39 is 0 Å². The summed E-state index contributed by atoms with van der Waals surface area (Å²) in [5, 5.41) is 10.0. The first-order chi connectivity index (χ1) is 9.19. The largest absolute Gasteiger partial charge is 0.497 e. The number of ether oxygens (including phenoxy) is 1. The van der Waals surface area contributed by atoms with Gasteiger partial charge in [0.05, 0.1) is 13.2 Å². The Morgan fingerprint density at radius 2 is 1.89 bits per heavy atom. The highest BCUT2D eigenvalue weighted by Crippen LogP contribution is 2.25. The van der Waals surface area contributed by atoms with Crippen LogP contribution in [0.25, 0.3) is 0 Å².